The first-order valence-corrected chi connectivity index (χ1v) is 12.6. The summed E-state index contributed by atoms with van der Waals surface area (Å²) in [7, 11) is 0. The zero-order chi connectivity index (χ0) is 24.1. The highest BCUT2D eigenvalue weighted by Gasteiger charge is 2.49. The summed E-state index contributed by atoms with van der Waals surface area (Å²) in [5, 5.41) is 3.10. The monoisotopic (exact) mass is 467 g/mol. The Balaban J connectivity index is 1.18. The molecule has 2 saturated heterocycles. The lowest BCUT2D eigenvalue weighted by Gasteiger charge is -2.29. The molecule has 3 aromatic carbocycles. The summed E-state index contributed by atoms with van der Waals surface area (Å²) in [6.45, 7) is 4.34. The number of amides is 2. The molecule has 1 atom stereocenters. The van der Waals surface area contributed by atoms with Crippen LogP contribution in [0.3, 0.4) is 0 Å². The molecule has 5 heteroatoms. The molecule has 5 rings (SSSR count). The molecule has 0 aromatic heterocycles. The number of rotatable bonds is 8. The number of carbonyl (C=O) groups is 2. The Morgan fingerprint density at radius 3 is 2.09 bits per heavy atom. The zero-order valence-electron chi connectivity index (χ0n) is 20.1. The second-order valence-corrected chi connectivity index (χ2v) is 9.79. The van der Waals surface area contributed by atoms with Gasteiger partial charge in [0.25, 0.3) is 0 Å². The van der Waals surface area contributed by atoms with Crippen molar-refractivity contribution in [1.82, 2.24) is 15.1 Å². The van der Waals surface area contributed by atoms with E-state index in [0.29, 0.717) is 25.4 Å². The lowest BCUT2D eigenvalue weighted by atomic mass is 9.73. The van der Waals surface area contributed by atoms with Crippen LogP contribution >= 0.6 is 0 Å². The van der Waals surface area contributed by atoms with Gasteiger partial charge >= 0.3 is 0 Å². The molecular weight excluding hydrogens is 434 g/mol. The summed E-state index contributed by atoms with van der Waals surface area (Å²) in [5.41, 5.74) is 2.57. The first kappa shape index (κ1) is 23.3. The summed E-state index contributed by atoms with van der Waals surface area (Å²) >= 11 is 0. The summed E-state index contributed by atoms with van der Waals surface area (Å²) in [4.78, 5) is 30.8. The third-order valence-corrected chi connectivity index (χ3v) is 7.48. The van der Waals surface area contributed by atoms with Crippen molar-refractivity contribution >= 4 is 11.8 Å². The molecule has 2 aliphatic heterocycles. The molecule has 35 heavy (non-hydrogen) atoms. The van der Waals surface area contributed by atoms with Crippen molar-refractivity contribution in [2.24, 2.45) is 5.92 Å². The molecule has 5 nitrogen and oxygen atoms in total. The minimum atomic E-state index is -0.730. The van der Waals surface area contributed by atoms with Crippen LogP contribution in [0.4, 0.5) is 0 Å². The van der Waals surface area contributed by atoms with Gasteiger partial charge in [0.2, 0.25) is 11.8 Å². The van der Waals surface area contributed by atoms with Crippen LogP contribution in [0.1, 0.15) is 29.5 Å². The lowest BCUT2D eigenvalue weighted by Crippen LogP contribution is -2.44. The van der Waals surface area contributed by atoms with E-state index in [2.05, 4.69) is 34.5 Å². The van der Waals surface area contributed by atoms with Gasteiger partial charge in [-0.2, -0.15) is 0 Å². The number of nitrogens with zero attached hydrogens (tertiary/aromatic N) is 2. The van der Waals surface area contributed by atoms with E-state index in [9.17, 15) is 9.59 Å². The van der Waals surface area contributed by atoms with Gasteiger partial charge in [0.05, 0.1) is 6.54 Å². The molecule has 2 aliphatic rings. The fourth-order valence-corrected chi connectivity index (χ4v) is 5.63. The Kier molecular flexibility index (Phi) is 6.96. The maximum Gasteiger partial charge on any atom is 0.239 e. The first-order valence-electron chi connectivity index (χ1n) is 12.6. The van der Waals surface area contributed by atoms with Gasteiger partial charge < -0.3 is 10.2 Å². The predicted molar refractivity (Wildman–Crippen MR) is 138 cm³/mol. The molecule has 2 amide bonds. The molecule has 1 N–H and O–H groups in total. The standard InChI is InChI=1S/C30H33N3O2/c34-28(31-20-25-16-18-32(22-25)21-24-10-4-1-5-11-24)23-33-19-17-30(29(33)35,26-12-6-2-7-13-26)27-14-8-3-9-15-27/h1-15,25H,16-23H2,(H,31,34). The molecule has 0 spiro atoms. The second kappa shape index (κ2) is 10.4. The van der Waals surface area contributed by atoms with Gasteiger partial charge in [-0.05, 0) is 42.0 Å². The van der Waals surface area contributed by atoms with Crippen LogP contribution in [-0.2, 0) is 21.5 Å². The van der Waals surface area contributed by atoms with Crippen molar-refractivity contribution in [3.63, 3.8) is 0 Å². The Labute approximate surface area is 207 Å². The molecule has 1 unspecified atom stereocenters. The van der Waals surface area contributed by atoms with Crippen molar-refractivity contribution in [2.75, 3.05) is 32.7 Å². The summed E-state index contributed by atoms with van der Waals surface area (Å²) in [5.74, 6) is 0.390. The van der Waals surface area contributed by atoms with Gasteiger partial charge in [0.15, 0.2) is 0 Å². The van der Waals surface area contributed by atoms with Gasteiger partial charge in [-0.25, -0.2) is 0 Å². The highest BCUT2D eigenvalue weighted by Crippen LogP contribution is 2.41. The number of hydrogen-bond acceptors (Lipinski definition) is 3. The summed E-state index contributed by atoms with van der Waals surface area (Å²) in [6.07, 6.45) is 1.76. The minimum Gasteiger partial charge on any atom is -0.354 e. The lowest BCUT2D eigenvalue weighted by molar-refractivity contribution is -0.135. The van der Waals surface area contributed by atoms with Gasteiger partial charge in [-0.15, -0.1) is 0 Å². The van der Waals surface area contributed by atoms with E-state index in [0.717, 1.165) is 37.2 Å². The molecule has 3 aromatic rings. The first-order chi connectivity index (χ1) is 17.1. The Morgan fingerprint density at radius 2 is 1.46 bits per heavy atom. The van der Waals surface area contributed by atoms with E-state index < -0.39 is 5.41 Å². The number of hydrogen-bond donors (Lipinski definition) is 1. The number of likely N-dealkylation sites (tertiary alicyclic amines) is 2. The fraction of sp³-hybridized carbons (Fsp3) is 0.333. The average Bonchev–Trinajstić information content (AvgIpc) is 3.49. The number of carbonyl (C=O) groups excluding carboxylic acids is 2. The number of benzene rings is 3. The van der Waals surface area contributed by atoms with E-state index in [1.165, 1.54) is 5.56 Å². The number of nitrogens with one attached hydrogen (secondary N) is 1. The van der Waals surface area contributed by atoms with E-state index >= 15 is 0 Å². The van der Waals surface area contributed by atoms with Gasteiger partial charge in [-0.3, -0.25) is 14.5 Å². The highest BCUT2D eigenvalue weighted by atomic mass is 16.2. The highest BCUT2D eigenvalue weighted by molar-refractivity contribution is 5.96. The average molecular weight is 468 g/mol. The van der Waals surface area contributed by atoms with Crippen molar-refractivity contribution < 1.29 is 9.59 Å². The molecule has 2 fully saturated rings. The van der Waals surface area contributed by atoms with E-state index in [4.69, 9.17) is 0 Å². The van der Waals surface area contributed by atoms with Crippen molar-refractivity contribution in [1.29, 1.82) is 0 Å². The van der Waals surface area contributed by atoms with Crippen LogP contribution in [0.5, 0.6) is 0 Å². The zero-order valence-corrected chi connectivity index (χ0v) is 20.1. The van der Waals surface area contributed by atoms with Crippen molar-refractivity contribution in [2.45, 2.75) is 24.8 Å². The smallest absolute Gasteiger partial charge is 0.239 e. The van der Waals surface area contributed by atoms with Crippen LogP contribution in [0.2, 0.25) is 0 Å². The topological polar surface area (TPSA) is 52.7 Å². The summed E-state index contributed by atoms with van der Waals surface area (Å²) < 4.78 is 0. The van der Waals surface area contributed by atoms with E-state index in [1.54, 1.807) is 4.90 Å². The van der Waals surface area contributed by atoms with Crippen LogP contribution in [-0.4, -0.2) is 54.3 Å². The Morgan fingerprint density at radius 1 is 0.857 bits per heavy atom. The quantitative estimate of drug-likeness (QED) is 0.548. The van der Waals surface area contributed by atoms with E-state index in [1.807, 2.05) is 66.7 Å². The van der Waals surface area contributed by atoms with Crippen LogP contribution < -0.4 is 5.32 Å². The maximum absolute atomic E-state index is 13.8. The largest absolute Gasteiger partial charge is 0.354 e. The third-order valence-electron chi connectivity index (χ3n) is 7.48. The van der Waals surface area contributed by atoms with Gasteiger partial charge in [-0.1, -0.05) is 91.0 Å². The molecule has 0 saturated carbocycles. The molecule has 2 heterocycles. The molecule has 0 aliphatic carbocycles. The van der Waals surface area contributed by atoms with Gasteiger partial charge in [0, 0.05) is 26.2 Å². The Hall–Kier alpha value is -3.44. The molecular formula is C30H33N3O2. The minimum absolute atomic E-state index is 0.0138. The maximum atomic E-state index is 13.8. The third kappa shape index (κ3) is 5.01. The fourth-order valence-electron chi connectivity index (χ4n) is 5.63. The summed E-state index contributed by atoms with van der Waals surface area (Å²) in [6, 6.07) is 30.5. The van der Waals surface area contributed by atoms with Crippen LogP contribution in [0.25, 0.3) is 0 Å². The SMILES string of the molecule is O=C(CN1CCC(c2ccccc2)(c2ccccc2)C1=O)NCC1CCN(Cc2ccccc2)C1. The van der Waals surface area contributed by atoms with Crippen molar-refractivity contribution in [3.05, 3.63) is 108 Å². The van der Waals surface area contributed by atoms with Crippen LogP contribution in [0.15, 0.2) is 91.0 Å². The second-order valence-electron chi connectivity index (χ2n) is 9.79. The van der Waals surface area contributed by atoms with Crippen LogP contribution in [0, 0.1) is 5.92 Å². The molecule has 0 radical (unpaired) electrons. The van der Waals surface area contributed by atoms with Gasteiger partial charge in [0.1, 0.15) is 5.41 Å². The van der Waals surface area contributed by atoms with Crippen molar-refractivity contribution in [3.8, 4) is 0 Å². The molecule has 180 valence electrons. The molecule has 0 bridgehead atoms. The normalized spacial score (nSPS) is 19.7. The predicted octanol–water partition coefficient (Wildman–Crippen LogP) is 3.84. The Bertz CT molecular complexity index is 1090. The van der Waals surface area contributed by atoms with E-state index in [-0.39, 0.29) is 18.4 Å².